The van der Waals surface area contributed by atoms with Crippen LogP contribution < -0.4 is 0 Å². The molecule has 1 aliphatic rings. The van der Waals surface area contributed by atoms with Crippen molar-refractivity contribution in [3.63, 3.8) is 0 Å². The Morgan fingerprint density at radius 3 is 2.45 bits per heavy atom. The number of carbonyl (C=O) groups is 1. The Labute approximate surface area is 118 Å². The lowest BCUT2D eigenvalue weighted by molar-refractivity contribution is 0.0600. The molecule has 0 aromatic heterocycles. The van der Waals surface area contributed by atoms with Crippen molar-refractivity contribution in [2.45, 2.75) is 5.75 Å². The van der Waals surface area contributed by atoms with Crippen LogP contribution in [0, 0.1) is 5.92 Å². The monoisotopic (exact) mass is 299 g/mol. The van der Waals surface area contributed by atoms with Gasteiger partial charge in [0, 0.05) is 25.6 Å². The molecule has 110 valence electrons. The maximum Gasteiger partial charge on any atom is 0.337 e. The Kier molecular flexibility index (Phi) is 4.42. The number of aliphatic hydroxyl groups is 1. The Balaban J connectivity index is 2.01. The highest BCUT2D eigenvalue weighted by atomic mass is 32.2. The van der Waals surface area contributed by atoms with Crippen LogP contribution in [0.15, 0.2) is 24.3 Å². The van der Waals surface area contributed by atoms with E-state index in [1.54, 1.807) is 24.3 Å². The van der Waals surface area contributed by atoms with Crippen LogP contribution >= 0.6 is 0 Å². The zero-order valence-corrected chi connectivity index (χ0v) is 12.0. The molecule has 0 atom stereocenters. The van der Waals surface area contributed by atoms with Crippen LogP contribution in [0.2, 0.25) is 0 Å². The molecule has 1 N–H and O–H groups in total. The summed E-state index contributed by atoms with van der Waals surface area (Å²) in [6, 6.07) is 6.30. The van der Waals surface area contributed by atoms with Crippen molar-refractivity contribution in [3.05, 3.63) is 35.4 Å². The van der Waals surface area contributed by atoms with Gasteiger partial charge >= 0.3 is 5.97 Å². The summed E-state index contributed by atoms with van der Waals surface area (Å²) >= 11 is 0. The number of rotatable bonds is 5. The molecule has 1 saturated heterocycles. The van der Waals surface area contributed by atoms with E-state index in [-0.39, 0.29) is 18.3 Å². The number of hydrogen-bond donors (Lipinski definition) is 1. The lowest BCUT2D eigenvalue weighted by Crippen LogP contribution is -2.51. The molecule has 1 aliphatic heterocycles. The molecule has 0 aliphatic carbocycles. The van der Waals surface area contributed by atoms with Gasteiger partial charge in [0.1, 0.15) is 0 Å². The number of hydrogen-bond acceptors (Lipinski definition) is 5. The van der Waals surface area contributed by atoms with E-state index in [2.05, 4.69) is 4.74 Å². The molecular formula is C13H17NO5S. The molecule has 1 aromatic carbocycles. The number of benzene rings is 1. The normalized spacial score (nSPS) is 16.7. The molecule has 1 fully saturated rings. The van der Waals surface area contributed by atoms with Gasteiger partial charge < -0.3 is 9.84 Å². The maximum absolute atomic E-state index is 12.1. The Morgan fingerprint density at radius 2 is 1.95 bits per heavy atom. The number of carbonyl (C=O) groups excluding carboxylic acids is 1. The molecule has 2 rings (SSSR count). The first-order chi connectivity index (χ1) is 9.46. The minimum atomic E-state index is -3.35. The minimum absolute atomic E-state index is 0.0137. The highest BCUT2D eigenvalue weighted by Gasteiger charge is 2.35. The van der Waals surface area contributed by atoms with Gasteiger partial charge in [-0.3, -0.25) is 0 Å². The van der Waals surface area contributed by atoms with Crippen molar-refractivity contribution in [1.29, 1.82) is 0 Å². The van der Waals surface area contributed by atoms with Gasteiger partial charge in [-0.05, 0) is 17.7 Å². The van der Waals surface area contributed by atoms with Crippen molar-refractivity contribution < 1.29 is 23.1 Å². The Bertz CT molecular complexity index is 575. The van der Waals surface area contributed by atoms with Gasteiger partial charge in [-0.2, -0.15) is 0 Å². The smallest absolute Gasteiger partial charge is 0.337 e. The fraction of sp³-hybridized carbons (Fsp3) is 0.462. The number of nitrogens with zero attached hydrogens (tertiary/aromatic N) is 1. The third-order valence-electron chi connectivity index (χ3n) is 3.30. The first kappa shape index (κ1) is 15.0. The van der Waals surface area contributed by atoms with Crippen molar-refractivity contribution >= 4 is 16.0 Å². The second kappa shape index (κ2) is 5.90. The quantitative estimate of drug-likeness (QED) is 0.787. The largest absolute Gasteiger partial charge is 0.465 e. The van der Waals surface area contributed by atoms with Crippen LogP contribution in [0.1, 0.15) is 15.9 Å². The van der Waals surface area contributed by atoms with Crippen LogP contribution in [-0.4, -0.2) is 50.6 Å². The molecule has 0 amide bonds. The second-order valence-electron chi connectivity index (χ2n) is 4.81. The minimum Gasteiger partial charge on any atom is -0.465 e. The van der Waals surface area contributed by atoms with Crippen LogP contribution in [-0.2, 0) is 20.5 Å². The van der Waals surface area contributed by atoms with E-state index < -0.39 is 16.0 Å². The van der Waals surface area contributed by atoms with Gasteiger partial charge in [-0.25, -0.2) is 17.5 Å². The zero-order valence-electron chi connectivity index (χ0n) is 11.2. The predicted molar refractivity (Wildman–Crippen MR) is 72.6 cm³/mol. The van der Waals surface area contributed by atoms with Crippen LogP contribution in [0.25, 0.3) is 0 Å². The molecule has 1 heterocycles. The van der Waals surface area contributed by atoms with Gasteiger partial charge in [0.05, 0.1) is 18.4 Å². The molecule has 1 aromatic rings. The van der Waals surface area contributed by atoms with E-state index in [1.807, 2.05) is 0 Å². The summed E-state index contributed by atoms with van der Waals surface area (Å²) in [7, 11) is -2.06. The van der Waals surface area contributed by atoms with Crippen molar-refractivity contribution in [3.8, 4) is 0 Å². The van der Waals surface area contributed by atoms with Gasteiger partial charge in [0.2, 0.25) is 10.0 Å². The first-order valence-electron chi connectivity index (χ1n) is 6.22. The molecule has 0 saturated carbocycles. The summed E-state index contributed by atoms with van der Waals surface area (Å²) in [5.41, 5.74) is 1.00. The summed E-state index contributed by atoms with van der Waals surface area (Å²) in [5, 5.41) is 8.90. The Hall–Kier alpha value is -1.44. The van der Waals surface area contributed by atoms with E-state index in [4.69, 9.17) is 5.11 Å². The third-order valence-corrected chi connectivity index (χ3v) is 5.08. The lowest BCUT2D eigenvalue weighted by Gasteiger charge is -2.36. The number of aliphatic hydroxyl groups excluding tert-OH is 1. The average Bonchev–Trinajstić information content (AvgIpc) is 2.36. The molecular weight excluding hydrogens is 282 g/mol. The van der Waals surface area contributed by atoms with Gasteiger partial charge in [-0.15, -0.1) is 0 Å². The predicted octanol–water partition coefficient (Wildman–Crippen LogP) is 0.227. The van der Waals surface area contributed by atoms with Crippen LogP contribution in [0.5, 0.6) is 0 Å². The summed E-state index contributed by atoms with van der Waals surface area (Å²) in [6.07, 6.45) is 0. The highest BCUT2D eigenvalue weighted by Crippen LogP contribution is 2.22. The molecule has 0 spiro atoms. The number of sulfonamides is 1. The topological polar surface area (TPSA) is 83.9 Å². The van der Waals surface area contributed by atoms with Crippen molar-refractivity contribution in [2.24, 2.45) is 5.92 Å². The van der Waals surface area contributed by atoms with Crippen molar-refractivity contribution in [1.82, 2.24) is 4.31 Å². The van der Waals surface area contributed by atoms with Crippen LogP contribution in [0.4, 0.5) is 0 Å². The van der Waals surface area contributed by atoms with Gasteiger partial charge in [0.15, 0.2) is 0 Å². The summed E-state index contributed by atoms with van der Waals surface area (Å²) < 4.78 is 30.1. The molecule has 20 heavy (non-hydrogen) atoms. The first-order valence-corrected chi connectivity index (χ1v) is 7.83. The molecule has 0 unspecified atom stereocenters. The number of ether oxygens (including phenoxy) is 1. The fourth-order valence-electron chi connectivity index (χ4n) is 2.02. The van der Waals surface area contributed by atoms with E-state index in [0.29, 0.717) is 24.2 Å². The van der Waals surface area contributed by atoms with Crippen LogP contribution in [0.3, 0.4) is 0 Å². The SMILES string of the molecule is COC(=O)c1ccc(CS(=O)(=O)N2CC(CO)C2)cc1. The molecule has 6 nitrogen and oxygen atoms in total. The maximum atomic E-state index is 12.1. The highest BCUT2D eigenvalue weighted by molar-refractivity contribution is 7.88. The Morgan fingerprint density at radius 1 is 1.35 bits per heavy atom. The zero-order chi connectivity index (χ0) is 14.8. The molecule has 0 bridgehead atoms. The number of esters is 1. The van der Waals surface area contributed by atoms with E-state index >= 15 is 0 Å². The average molecular weight is 299 g/mol. The van der Waals surface area contributed by atoms with E-state index in [0.717, 1.165) is 0 Å². The number of methoxy groups -OCH3 is 1. The fourth-order valence-corrected chi connectivity index (χ4v) is 3.69. The third kappa shape index (κ3) is 3.17. The van der Waals surface area contributed by atoms with E-state index in [1.165, 1.54) is 11.4 Å². The summed E-state index contributed by atoms with van der Waals surface area (Å²) in [4.78, 5) is 11.3. The summed E-state index contributed by atoms with van der Waals surface area (Å²) in [6.45, 7) is 0.762. The van der Waals surface area contributed by atoms with Gasteiger partial charge in [0.25, 0.3) is 0 Å². The van der Waals surface area contributed by atoms with Crippen molar-refractivity contribution in [2.75, 3.05) is 26.8 Å². The van der Waals surface area contributed by atoms with Gasteiger partial charge in [-0.1, -0.05) is 12.1 Å². The second-order valence-corrected chi connectivity index (χ2v) is 6.78. The standard InChI is InChI=1S/C13H17NO5S/c1-19-13(16)12-4-2-10(3-5-12)9-20(17,18)14-6-11(7-14)8-15/h2-5,11,15H,6-9H2,1H3. The lowest BCUT2D eigenvalue weighted by atomic mass is 10.1. The molecule has 7 heteroatoms. The molecule has 0 radical (unpaired) electrons. The summed E-state index contributed by atoms with van der Waals surface area (Å²) in [5.74, 6) is -0.508. The van der Waals surface area contributed by atoms with E-state index in [9.17, 15) is 13.2 Å².